The first kappa shape index (κ1) is 12.6. The summed E-state index contributed by atoms with van der Waals surface area (Å²) in [6, 6.07) is 8.37. The molecule has 1 aromatic heterocycles. The Morgan fingerprint density at radius 2 is 1.89 bits per heavy atom. The summed E-state index contributed by atoms with van der Waals surface area (Å²) in [4.78, 5) is 11.2. The van der Waals surface area contributed by atoms with Gasteiger partial charge in [-0.3, -0.25) is 9.48 Å². The predicted octanol–water partition coefficient (Wildman–Crippen LogP) is 4.24. The molecule has 0 spiro atoms. The molecule has 98 valence electrons. The van der Waals surface area contributed by atoms with Crippen LogP contribution in [0.5, 0.6) is 0 Å². The second-order valence-corrected chi connectivity index (χ2v) is 5.89. The number of carbonyl (C=O) groups excluding carboxylic acids is 1. The van der Waals surface area contributed by atoms with E-state index in [1.54, 1.807) is 0 Å². The average Bonchev–Trinajstić information content (AvgIpc) is 3.08. The van der Waals surface area contributed by atoms with Gasteiger partial charge in [-0.2, -0.15) is 5.10 Å². The molecular formula is C15H15BrN2O. The van der Waals surface area contributed by atoms with Gasteiger partial charge in [0, 0.05) is 16.2 Å². The highest BCUT2D eigenvalue weighted by molar-refractivity contribution is 9.10. The maximum absolute atomic E-state index is 11.2. The largest absolute Gasteiger partial charge is 0.298 e. The van der Waals surface area contributed by atoms with Crippen molar-refractivity contribution in [2.24, 2.45) is 0 Å². The number of aromatic nitrogens is 2. The van der Waals surface area contributed by atoms with Gasteiger partial charge < -0.3 is 0 Å². The first-order valence-electron chi connectivity index (χ1n) is 6.58. The molecule has 1 heterocycles. The van der Waals surface area contributed by atoms with Crippen LogP contribution >= 0.6 is 15.9 Å². The summed E-state index contributed by atoms with van der Waals surface area (Å²) >= 11 is 3.42. The van der Waals surface area contributed by atoms with E-state index in [2.05, 4.69) is 21.0 Å². The fraction of sp³-hybridized carbons (Fsp3) is 0.333. The van der Waals surface area contributed by atoms with E-state index in [1.807, 2.05) is 35.1 Å². The van der Waals surface area contributed by atoms with Crippen LogP contribution in [0.4, 0.5) is 0 Å². The summed E-state index contributed by atoms with van der Waals surface area (Å²) in [5.41, 5.74) is 2.45. The molecule has 2 aromatic rings. The molecule has 1 fully saturated rings. The molecule has 1 aromatic carbocycles. The number of rotatable bonds is 3. The fourth-order valence-electron chi connectivity index (χ4n) is 2.68. The quantitative estimate of drug-likeness (QED) is 0.793. The zero-order valence-electron chi connectivity index (χ0n) is 10.6. The van der Waals surface area contributed by atoms with Gasteiger partial charge in [-0.1, -0.05) is 40.9 Å². The molecule has 0 saturated heterocycles. The molecule has 1 saturated carbocycles. The predicted molar refractivity (Wildman–Crippen MR) is 78.3 cm³/mol. The molecule has 0 amide bonds. The van der Waals surface area contributed by atoms with Crippen LogP contribution in [-0.2, 0) is 0 Å². The molecule has 0 aliphatic heterocycles. The third kappa shape index (κ3) is 2.50. The summed E-state index contributed by atoms with van der Waals surface area (Å²) in [6.07, 6.45) is 7.64. The fourth-order valence-corrected chi connectivity index (χ4v) is 2.94. The van der Waals surface area contributed by atoms with Gasteiger partial charge in [0.2, 0.25) is 0 Å². The molecular weight excluding hydrogens is 304 g/mol. The zero-order chi connectivity index (χ0) is 13.2. The van der Waals surface area contributed by atoms with Crippen molar-refractivity contribution < 1.29 is 4.79 Å². The van der Waals surface area contributed by atoms with Crippen molar-refractivity contribution in [3.63, 3.8) is 0 Å². The Bertz CT molecular complexity index is 583. The van der Waals surface area contributed by atoms with Crippen molar-refractivity contribution in [2.45, 2.75) is 31.7 Å². The molecule has 3 nitrogen and oxygen atoms in total. The summed E-state index contributed by atoms with van der Waals surface area (Å²) in [7, 11) is 0. The lowest BCUT2D eigenvalue weighted by molar-refractivity contribution is 0.112. The van der Waals surface area contributed by atoms with E-state index >= 15 is 0 Å². The molecule has 0 atom stereocenters. The molecule has 3 rings (SSSR count). The second-order valence-electron chi connectivity index (χ2n) is 4.98. The molecule has 1 aliphatic rings. The number of benzene rings is 1. The Morgan fingerprint density at radius 3 is 2.53 bits per heavy atom. The van der Waals surface area contributed by atoms with Gasteiger partial charge in [0.05, 0.1) is 11.6 Å². The number of aldehydes is 1. The molecule has 0 N–H and O–H groups in total. The van der Waals surface area contributed by atoms with Gasteiger partial charge in [0.1, 0.15) is 5.69 Å². The van der Waals surface area contributed by atoms with Crippen LogP contribution in [0.15, 0.2) is 34.9 Å². The standard InChI is InChI=1S/C15H15BrN2O/c16-13-7-5-11(6-8-13)15-12(10-19)9-18(17-15)14-3-1-2-4-14/h5-10,14H,1-4H2. The number of hydrogen-bond donors (Lipinski definition) is 0. The maximum Gasteiger partial charge on any atom is 0.153 e. The van der Waals surface area contributed by atoms with E-state index in [-0.39, 0.29) is 0 Å². The SMILES string of the molecule is O=Cc1cn(C2CCCC2)nc1-c1ccc(Br)cc1. The van der Waals surface area contributed by atoms with Gasteiger partial charge in [0.15, 0.2) is 6.29 Å². The van der Waals surface area contributed by atoms with E-state index in [4.69, 9.17) is 0 Å². The monoisotopic (exact) mass is 318 g/mol. The zero-order valence-corrected chi connectivity index (χ0v) is 12.1. The van der Waals surface area contributed by atoms with Crippen LogP contribution in [0.3, 0.4) is 0 Å². The molecule has 19 heavy (non-hydrogen) atoms. The van der Waals surface area contributed by atoms with Crippen molar-refractivity contribution in [3.8, 4) is 11.3 Å². The summed E-state index contributed by atoms with van der Waals surface area (Å²) in [6.45, 7) is 0. The normalized spacial score (nSPS) is 15.8. The average molecular weight is 319 g/mol. The van der Waals surface area contributed by atoms with Crippen LogP contribution in [0.25, 0.3) is 11.3 Å². The van der Waals surface area contributed by atoms with Gasteiger partial charge in [-0.15, -0.1) is 0 Å². The molecule has 0 radical (unpaired) electrons. The molecule has 0 unspecified atom stereocenters. The molecule has 4 heteroatoms. The summed E-state index contributed by atoms with van der Waals surface area (Å²) in [5, 5.41) is 4.63. The van der Waals surface area contributed by atoms with Crippen molar-refractivity contribution in [3.05, 3.63) is 40.5 Å². The number of carbonyl (C=O) groups is 1. The highest BCUT2D eigenvalue weighted by Crippen LogP contribution is 2.31. The first-order chi connectivity index (χ1) is 9.28. The summed E-state index contributed by atoms with van der Waals surface area (Å²) < 4.78 is 3.01. The van der Waals surface area contributed by atoms with E-state index in [9.17, 15) is 4.79 Å². The van der Waals surface area contributed by atoms with Crippen molar-refractivity contribution in [1.29, 1.82) is 0 Å². The minimum absolute atomic E-state index is 0.461. The van der Waals surface area contributed by atoms with Crippen molar-refractivity contribution in [2.75, 3.05) is 0 Å². The van der Waals surface area contributed by atoms with Crippen LogP contribution in [0.2, 0.25) is 0 Å². The Labute approximate surface area is 120 Å². The summed E-state index contributed by atoms with van der Waals surface area (Å²) in [5.74, 6) is 0. The number of hydrogen-bond acceptors (Lipinski definition) is 2. The Hall–Kier alpha value is -1.42. The van der Waals surface area contributed by atoms with Gasteiger partial charge >= 0.3 is 0 Å². The first-order valence-corrected chi connectivity index (χ1v) is 7.37. The third-order valence-corrected chi connectivity index (χ3v) is 4.23. The van der Waals surface area contributed by atoms with Crippen LogP contribution in [0, 0.1) is 0 Å². The van der Waals surface area contributed by atoms with E-state index in [0.717, 1.165) is 22.0 Å². The molecule has 0 bridgehead atoms. The van der Waals surface area contributed by atoms with Gasteiger partial charge in [-0.25, -0.2) is 0 Å². The van der Waals surface area contributed by atoms with E-state index in [0.29, 0.717) is 11.6 Å². The van der Waals surface area contributed by atoms with Crippen molar-refractivity contribution >= 4 is 22.2 Å². The smallest absolute Gasteiger partial charge is 0.153 e. The Kier molecular flexibility index (Phi) is 3.51. The van der Waals surface area contributed by atoms with E-state index in [1.165, 1.54) is 25.7 Å². The Morgan fingerprint density at radius 1 is 1.21 bits per heavy atom. The minimum Gasteiger partial charge on any atom is -0.298 e. The lowest BCUT2D eigenvalue weighted by Gasteiger charge is -2.08. The van der Waals surface area contributed by atoms with Crippen LogP contribution in [-0.4, -0.2) is 16.1 Å². The maximum atomic E-state index is 11.2. The molecule has 1 aliphatic carbocycles. The lowest BCUT2D eigenvalue weighted by atomic mass is 10.1. The lowest BCUT2D eigenvalue weighted by Crippen LogP contribution is -2.04. The highest BCUT2D eigenvalue weighted by atomic mass is 79.9. The third-order valence-electron chi connectivity index (χ3n) is 3.70. The Balaban J connectivity index is 2.00. The van der Waals surface area contributed by atoms with Gasteiger partial charge in [-0.05, 0) is 25.0 Å². The minimum atomic E-state index is 0.461. The highest BCUT2D eigenvalue weighted by Gasteiger charge is 2.20. The number of halogens is 1. The van der Waals surface area contributed by atoms with Crippen LogP contribution < -0.4 is 0 Å². The topological polar surface area (TPSA) is 34.9 Å². The van der Waals surface area contributed by atoms with Crippen molar-refractivity contribution in [1.82, 2.24) is 9.78 Å². The van der Waals surface area contributed by atoms with E-state index < -0.39 is 0 Å². The second kappa shape index (κ2) is 5.29. The van der Waals surface area contributed by atoms with Gasteiger partial charge in [0.25, 0.3) is 0 Å². The van der Waals surface area contributed by atoms with Crippen LogP contribution in [0.1, 0.15) is 42.1 Å². The number of nitrogens with zero attached hydrogens (tertiary/aromatic N) is 2.